The van der Waals surface area contributed by atoms with Crippen LogP contribution in [0.25, 0.3) is 17.2 Å². The van der Waals surface area contributed by atoms with Gasteiger partial charge in [0.25, 0.3) is 0 Å². The third kappa shape index (κ3) is 8.02. The van der Waals surface area contributed by atoms with E-state index in [1.165, 1.54) is 6.08 Å². The second-order valence-electron chi connectivity index (χ2n) is 10.2. The van der Waals surface area contributed by atoms with Gasteiger partial charge in [-0.05, 0) is 73.6 Å². The van der Waals surface area contributed by atoms with Crippen LogP contribution in [-0.4, -0.2) is 54.3 Å². The first-order chi connectivity index (χ1) is 18.0. The van der Waals surface area contributed by atoms with Crippen LogP contribution >= 0.6 is 0 Å². The highest BCUT2D eigenvalue weighted by atomic mass is 16.2. The molecule has 1 aliphatic carbocycles. The molecule has 0 radical (unpaired) electrons. The van der Waals surface area contributed by atoms with Crippen molar-refractivity contribution in [2.75, 3.05) is 19.6 Å². The molecule has 4 N–H and O–H groups in total. The van der Waals surface area contributed by atoms with Gasteiger partial charge in [0.2, 0.25) is 17.7 Å². The molecular formula is C30H38N4O3. The fraction of sp³-hybridized carbons (Fsp3) is 0.433. The Bertz CT molecular complexity index is 1080. The summed E-state index contributed by atoms with van der Waals surface area (Å²) in [5, 5.41) is 5.84. The summed E-state index contributed by atoms with van der Waals surface area (Å²) in [5.74, 6) is -0.191. The van der Waals surface area contributed by atoms with Gasteiger partial charge < -0.3 is 21.3 Å². The largest absolute Gasteiger partial charge is 0.354 e. The lowest BCUT2D eigenvalue weighted by Gasteiger charge is -2.27. The summed E-state index contributed by atoms with van der Waals surface area (Å²) in [5.41, 5.74) is 9.11. The van der Waals surface area contributed by atoms with E-state index < -0.39 is 6.04 Å². The zero-order chi connectivity index (χ0) is 26.0. The summed E-state index contributed by atoms with van der Waals surface area (Å²) in [6.07, 6.45) is 9.48. The Morgan fingerprint density at radius 2 is 1.62 bits per heavy atom. The van der Waals surface area contributed by atoms with Gasteiger partial charge in [0, 0.05) is 25.2 Å². The minimum atomic E-state index is -0.618. The zero-order valence-electron chi connectivity index (χ0n) is 21.4. The van der Waals surface area contributed by atoms with Gasteiger partial charge in [-0.1, -0.05) is 54.6 Å². The summed E-state index contributed by atoms with van der Waals surface area (Å²) < 4.78 is 0. The van der Waals surface area contributed by atoms with E-state index >= 15 is 0 Å². The predicted octanol–water partition coefficient (Wildman–Crippen LogP) is 3.50. The monoisotopic (exact) mass is 502 g/mol. The summed E-state index contributed by atoms with van der Waals surface area (Å²) in [7, 11) is 0. The van der Waals surface area contributed by atoms with E-state index in [1.54, 1.807) is 11.0 Å². The third-order valence-electron chi connectivity index (χ3n) is 7.36. The number of rotatable bonds is 8. The maximum Gasteiger partial charge on any atom is 0.245 e. The molecule has 0 bridgehead atoms. The van der Waals surface area contributed by atoms with Crippen LogP contribution in [0.4, 0.5) is 0 Å². The molecular weight excluding hydrogens is 464 g/mol. The maximum absolute atomic E-state index is 13.1. The molecule has 4 rings (SSSR count). The SMILES string of the molecule is NC1CCC(CNC(=O)CN2CCCCC(NC(=O)/C=C/c3ccc(-c4ccccc4)cc3)C2=O)CC1. The number of nitrogens with two attached hydrogens (primary N) is 1. The first-order valence-corrected chi connectivity index (χ1v) is 13.4. The van der Waals surface area contributed by atoms with E-state index in [2.05, 4.69) is 22.8 Å². The minimum absolute atomic E-state index is 0.0288. The Morgan fingerprint density at radius 3 is 2.35 bits per heavy atom. The Morgan fingerprint density at radius 1 is 0.919 bits per heavy atom. The van der Waals surface area contributed by atoms with E-state index in [4.69, 9.17) is 5.73 Å². The molecule has 1 atom stereocenters. The van der Waals surface area contributed by atoms with E-state index in [0.29, 0.717) is 25.4 Å². The quantitative estimate of drug-likeness (QED) is 0.481. The smallest absolute Gasteiger partial charge is 0.245 e. The number of carbonyl (C=O) groups excluding carboxylic acids is 3. The van der Waals surface area contributed by atoms with Crippen molar-refractivity contribution in [2.24, 2.45) is 11.7 Å². The summed E-state index contributed by atoms with van der Waals surface area (Å²) >= 11 is 0. The fourth-order valence-corrected chi connectivity index (χ4v) is 5.08. The summed E-state index contributed by atoms with van der Waals surface area (Å²) in [4.78, 5) is 39.8. The van der Waals surface area contributed by atoms with Crippen molar-refractivity contribution in [3.8, 4) is 11.1 Å². The Labute approximate surface area is 219 Å². The van der Waals surface area contributed by atoms with E-state index in [9.17, 15) is 14.4 Å². The molecule has 2 aromatic rings. The third-order valence-corrected chi connectivity index (χ3v) is 7.36. The first kappa shape index (κ1) is 26.6. The Kier molecular flexibility index (Phi) is 9.49. The van der Waals surface area contributed by atoms with Gasteiger partial charge in [-0.3, -0.25) is 14.4 Å². The zero-order valence-corrected chi connectivity index (χ0v) is 21.4. The van der Waals surface area contributed by atoms with Crippen LogP contribution in [0.1, 0.15) is 50.5 Å². The minimum Gasteiger partial charge on any atom is -0.354 e. The molecule has 1 saturated carbocycles. The van der Waals surface area contributed by atoms with Crippen molar-refractivity contribution < 1.29 is 14.4 Å². The fourth-order valence-electron chi connectivity index (χ4n) is 5.08. The van der Waals surface area contributed by atoms with Gasteiger partial charge in [0.15, 0.2) is 0 Å². The summed E-state index contributed by atoms with van der Waals surface area (Å²) in [6, 6.07) is 17.7. The number of benzene rings is 2. The number of carbonyl (C=O) groups is 3. The molecule has 196 valence electrons. The average Bonchev–Trinajstić information content (AvgIpc) is 3.09. The molecule has 1 saturated heterocycles. The van der Waals surface area contributed by atoms with Crippen LogP contribution in [0.3, 0.4) is 0 Å². The van der Waals surface area contributed by atoms with Gasteiger partial charge in [-0.2, -0.15) is 0 Å². The van der Waals surface area contributed by atoms with Crippen molar-refractivity contribution in [1.29, 1.82) is 0 Å². The van der Waals surface area contributed by atoms with Crippen molar-refractivity contribution in [3.05, 3.63) is 66.2 Å². The van der Waals surface area contributed by atoms with Crippen LogP contribution < -0.4 is 16.4 Å². The topological polar surface area (TPSA) is 105 Å². The first-order valence-electron chi connectivity index (χ1n) is 13.4. The number of hydrogen-bond acceptors (Lipinski definition) is 4. The van der Waals surface area contributed by atoms with Gasteiger partial charge in [0.05, 0.1) is 6.54 Å². The number of likely N-dealkylation sites (tertiary alicyclic amines) is 1. The van der Waals surface area contributed by atoms with Crippen molar-refractivity contribution in [3.63, 3.8) is 0 Å². The van der Waals surface area contributed by atoms with Crippen LogP contribution in [0.2, 0.25) is 0 Å². The highest BCUT2D eigenvalue weighted by Gasteiger charge is 2.29. The Hall–Kier alpha value is -3.45. The molecule has 0 aromatic heterocycles. The molecule has 7 nitrogen and oxygen atoms in total. The molecule has 1 heterocycles. The Balaban J connectivity index is 1.26. The highest BCUT2D eigenvalue weighted by molar-refractivity contribution is 5.96. The van der Waals surface area contributed by atoms with Crippen LogP contribution in [0.5, 0.6) is 0 Å². The predicted molar refractivity (Wildman–Crippen MR) is 146 cm³/mol. The molecule has 2 aromatic carbocycles. The van der Waals surface area contributed by atoms with E-state index in [0.717, 1.165) is 55.2 Å². The lowest BCUT2D eigenvalue weighted by Crippen LogP contribution is -2.50. The molecule has 7 heteroatoms. The van der Waals surface area contributed by atoms with Gasteiger partial charge in [-0.15, -0.1) is 0 Å². The maximum atomic E-state index is 13.1. The standard InChI is InChI=1S/C30H38N4O3/c31-26-16-11-23(12-17-26)20-32-29(36)21-34-19-5-4-8-27(30(34)37)33-28(35)18-13-22-9-14-25(15-10-22)24-6-2-1-3-7-24/h1-3,6-7,9-10,13-15,18,23,26-27H,4-5,8,11-12,16-17,19-21,31H2,(H,32,36)(H,33,35)/b18-13+. The number of amides is 3. The highest BCUT2D eigenvalue weighted by Crippen LogP contribution is 2.22. The summed E-state index contributed by atoms with van der Waals surface area (Å²) in [6.45, 7) is 1.19. The van der Waals surface area contributed by atoms with Crippen molar-refractivity contribution in [1.82, 2.24) is 15.5 Å². The molecule has 2 aliphatic rings. The van der Waals surface area contributed by atoms with Crippen molar-refractivity contribution in [2.45, 2.75) is 57.0 Å². The van der Waals surface area contributed by atoms with Crippen LogP contribution in [-0.2, 0) is 14.4 Å². The number of nitrogens with zero attached hydrogens (tertiary/aromatic N) is 1. The van der Waals surface area contributed by atoms with Gasteiger partial charge in [0.1, 0.15) is 6.04 Å². The lowest BCUT2D eigenvalue weighted by atomic mass is 9.86. The molecule has 1 unspecified atom stereocenters. The van der Waals surface area contributed by atoms with E-state index in [1.807, 2.05) is 42.5 Å². The van der Waals surface area contributed by atoms with Gasteiger partial charge in [-0.25, -0.2) is 0 Å². The normalized spacial score (nSPS) is 22.5. The molecule has 2 fully saturated rings. The van der Waals surface area contributed by atoms with Crippen LogP contribution in [0.15, 0.2) is 60.7 Å². The van der Waals surface area contributed by atoms with Gasteiger partial charge >= 0.3 is 0 Å². The van der Waals surface area contributed by atoms with Crippen LogP contribution in [0, 0.1) is 5.92 Å². The van der Waals surface area contributed by atoms with Crippen molar-refractivity contribution >= 4 is 23.8 Å². The van der Waals surface area contributed by atoms with E-state index in [-0.39, 0.29) is 30.3 Å². The average molecular weight is 503 g/mol. The molecule has 1 aliphatic heterocycles. The second kappa shape index (κ2) is 13.2. The second-order valence-corrected chi connectivity index (χ2v) is 10.2. The molecule has 0 spiro atoms. The number of hydrogen-bond donors (Lipinski definition) is 3. The molecule has 3 amide bonds. The molecule has 37 heavy (non-hydrogen) atoms. The lowest BCUT2D eigenvalue weighted by molar-refractivity contribution is -0.138. The number of nitrogens with one attached hydrogen (secondary N) is 2.